The van der Waals surface area contributed by atoms with Gasteiger partial charge in [0.25, 0.3) is 5.69 Å². The van der Waals surface area contributed by atoms with Crippen molar-refractivity contribution in [1.29, 1.82) is 0 Å². The minimum absolute atomic E-state index is 0.0175. The van der Waals surface area contributed by atoms with Crippen molar-refractivity contribution in [3.63, 3.8) is 0 Å². The van der Waals surface area contributed by atoms with Gasteiger partial charge in [0.15, 0.2) is 0 Å². The molecule has 0 saturated carbocycles. The molecular weight excluding hydrogens is 269 g/mol. The molecule has 7 nitrogen and oxygen atoms in total. The highest BCUT2D eigenvalue weighted by atomic mass is 19.4. The fourth-order valence-electron chi connectivity index (χ4n) is 1.17. The van der Waals surface area contributed by atoms with E-state index in [0.29, 0.717) is 0 Å². The molecule has 19 heavy (non-hydrogen) atoms. The van der Waals surface area contributed by atoms with Gasteiger partial charge in [-0.1, -0.05) is 0 Å². The summed E-state index contributed by atoms with van der Waals surface area (Å²) in [5, 5.41) is 13.1. The van der Waals surface area contributed by atoms with Gasteiger partial charge in [-0.3, -0.25) is 10.1 Å². The van der Waals surface area contributed by atoms with Crippen molar-refractivity contribution < 1.29 is 22.8 Å². The third-order valence-corrected chi connectivity index (χ3v) is 1.86. The predicted octanol–water partition coefficient (Wildman–Crippen LogP) is 1.56. The summed E-state index contributed by atoms with van der Waals surface area (Å²) in [5.41, 5.74) is 5.09. The standard InChI is InChI=1S/C9H11F3N4O3/c10-9(11,12)5-19-2-1-14-8-4-6(16(17)18)3-7(13)15-8/h3-4H,1-2,5H2,(H3,13,14,15). The molecule has 0 atom stereocenters. The average molecular weight is 280 g/mol. The molecule has 0 radical (unpaired) electrons. The van der Waals surface area contributed by atoms with E-state index in [1.54, 1.807) is 0 Å². The molecule has 0 amide bonds. The SMILES string of the molecule is Nc1cc([N+](=O)[O-])cc(NCCOCC(F)(F)F)n1. The number of rotatable bonds is 6. The van der Waals surface area contributed by atoms with Gasteiger partial charge in [-0.15, -0.1) is 0 Å². The number of hydrogen-bond acceptors (Lipinski definition) is 6. The van der Waals surface area contributed by atoms with Crippen LogP contribution >= 0.6 is 0 Å². The van der Waals surface area contributed by atoms with Gasteiger partial charge in [-0.2, -0.15) is 13.2 Å². The maximum Gasteiger partial charge on any atom is 0.411 e. The van der Waals surface area contributed by atoms with Crippen LogP contribution in [0.3, 0.4) is 0 Å². The number of pyridine rings is 1. The van der Waals surface area contributed by atoms with Gasteiger partial charge < -0.3 is 15.8 Å². The van der Waals surface area contributed by atoms with Gasteiger partial charge in [-0.25, -0.2) is 4.98 Å². The van der Waals surface area contributed by atoms with Crippen molar-refractivity contribution in [2.45, 2.75) is 6.18 Å². The number of nitrogens with two attached hydrogens (primary N) is 1. The molecule has 0 unspecified atom stereocenters. The Bertz CT molecular complexity index is 453. The second-order valence-electron chi connectivity index (χ2n) is 3.49. The van der Waals surface area contributed by atoms with Crippen LogP contribution in [0.4, 0.5) is 30.5 Å². The van der Waals surface area contributed by atoms with Crippen LogP contribution in [0.2, 0.25) is 0 Å². The first-order valence-corrected chi connectivity index (χ1v) is 5.08. The number of aromatic nitrogens is 1. The first kappa shape index (κ1) is 15.0. The number of halogens is 3. The molecule has 0 aliphatic rings. The van der Waals surface area contributed by atoms with Crippen molar-refractivity contribution >= 4 is 17.3 Å². The van der Waals surface area contributed by atoms with Crippen LogP contribution < -0.4 is 11.1 Å². The summed E-state index contributed by atoms with van der Waals surface area (Å²) in [6.45, 7) is -1.55. The Labute approximate surface area is 105 Å². The summed E-state index contributed by atoms with van der Waals surface area (Å²) in [4.78, 5) is 13.6. The van der Waals surface area contributed by atoms with Crippen molar-refractivity contribution in [3.8, 4) is 0 Å². The smallest absolute Gasteiger partial charge is 0.383 e. The molecule has 106 valence electrons. The van der Waals surface area contributed by atoms with E-state index >= 15 is 0 Å². The Hall–Kier alpha value is -2.10. The molecule has 0 aliphatic carbocycles. The number of nitrogens with zero attached hydrogens (tertiary/aromatic N) is 2. The Morgan fingerprint density at radius 3 is 2.74 bits per heavy atom. The zero-order chi connectivity index (χ0) is 14.5. The van der Waals surface area contributed by atoms with Crippen LogP contribution in [-0.4, -0.2) is 35.8 Å². The summed E-state index contributed by atoms with van der Waals surface area (Å²) in [5.74, 6) is 0.0372. The van der Waals surface area contributed by atoms with Gasteiger partial charge >= 0.3 is 6.18 Å². The summed E-state index contributed by atoms with van der Waals surface area (Å²) in [6, 6.07) is 2.20. The van der Waals surface area contributed by atoms with Crippen LogP contribution in [0.5, 0.6) is 0 Å². The second-order valence-corrected chi connectivity index (χ2v) is 3.49. The molecule has 0 fully saturated rings. The minimum atomic E-state index is -4.38. The Balaban J connectivity index is 2.43. The fourth-order valence-corrected chi connectivity index (χ4v) is 1.17. The number of hydrogen-bond donors (Lipinski definition) is 2. The largest absolute Gasteiger partial charge is 0.411 e. The Morgan fingerprint density at radius 2 is 2.16 bits per heavy atom. The highest BCUT2D eigenvalue weighted by Gasteiger charge is 2.27. The van der Waals surface area contributed by atoms with Gasteiger partial charge in [0.1, 0.15) is 18.2 Å². The topological polar surface area (TPSA) is 103 Å². The molecular formula is C9H11F3N4O3. The first-order chi connectivity index (χ1) is 8.78. The van der Waals surface area contributed by atoms with E-state index in [1.165, 1.54) is 0 Å². The molecule has 1 heterocycles. The van der Waals surface area contributed by atoms with Gasteiger partial charge in [0.2, 0.25) is 0 Å². The molecule has 0 aromatic carbocycles. The average Bonchev–Trinajstić information content (AvgIpc) is 2.26. The molecule has 0 spiro atoms. The zero-order valence-corrected chi connectivity index (χ0v) is 9.61. The second kappa shape index (κ2) is 6.18. The molecule has 3 N–H and O–H groups in total. The van der Waals surface area contributed by atoms with Gasteiger partial charge in [-0.05, 0) is 0 Å². The zero-order valence-electron chi connectivity index (χ0n) is 9.61. The maximum atomic E-state index is 11.8. The van der Waals surface area contributed by atoms with Crippen molar-refractivity contribution in [1.82, 2.24) is 4.98 Å². The number of nitrogens with one attached hydrogen (secondary N) is 1. The monoisotopic (exact) mass is 280 g/mol. The van der Waals surface area contributed by atoms with E-state index in [-0.39, 0.29) is 30.5 Å². The fraction of sp³-hybridized carbons (Fsp3) is 0.444. The highest BCUT2D eigenvalue weighted by molar-refractivity contribution is 5.52. The molecule has 1 aromatic heterocycles. The van der Waals surface area contributed by atoms with E-state index in [1.807, 2.05) is 0 Å². The van der Waals surface area contributed by atoms with E-state index in [4.69, 9.17) is 5.73 Å². The number of anilines is 2. The number of ether oxygens (including phenoxy) is 1. The summed E-state index contributed by atoms with van der Waals surface area (Å²) >= 11 is 0. The molecule has 0 aliphatic heterocycles. The lowest BCUT2D eigenvalue weighted by molar-refractivity contribution is -0.384. The lowest BCUT2D eigenvalue weighted by atomic mass is 10.3. The van der Waals surface area contributed by atoms with E-state index in [9.17, 15) is 23.3 Å². The predicted molar refractivity (Wildman–Crippen MR) is 60.7 cm³/mol. The normalized spacial score (nSPS) is 11.3. The Morgan fingerprint density at radius 1 is 1.47 bits per heavy atom. The third kappa shape index (κ3) is 5.86. The summed E-state index contributed by atoms with van der Waals surface area (Å²) < 4.78 is 39.6. The van der Waals surface area contributed by atoms with Crippen molar-refractivity contribution in [2.24, 2.45) is 0 Å². The van der Waals surface area contributed by atoms with Crippen LogP contribution in [-0.2, 0) is 4.74 Å². The molecule has 1 rings (SSSR count). The number of nitro groups is 1. The van der Waals surface area contributed by atoms with Crippen molar-refractivity contribution in [3.05, 3.63) is 22.2 Å². The van der Waals surface area contributed by atoms with Crippen molar-refractivity contribution in [2.75, 3.05) is 30.8 Å². The van der Waals surface area contributed by atoms with E-state index in [0.717, 1.165) is 12.1 Å². The van der Waals surface area contributed by atoms with Gasteiger partial charge in [0.05, 0.1) is 23.7 Å². The molecule has 0 bridgehead atoms. The summed E-state index contributed by atoms with van der Waals surface area (Å²) in [7, 11) is 0. The van der Waals surface area contributed by atoms with E-state index in [2.05, 4.69) is 15.0 Å². The molecule has 1 aromatic rings. The van der Waals surface area contributed by atoms with Crippen LogP contribution in [0, 0.1) is 10.1 Å². The minimum Gasteiger partial charge on any atom is -0.383 e. The first-order valence-electron chi connectivity index (χ1n) is 5.08. The molecule has 0 saturated heterocycles. The lowest BCUT2D eigenvalue weighted by Gasteiger charge is -2.09. The summed E-state index contributed by atoms with van der Waals surface area (Å²) in [6.07, 6.45) is -4.38. The van der Waals surface area contributed by atoms with Crippen LogP contribution in [0.25, 0.3) is 0 Å². The maximum absolute atomic E-state index is 11.8. The lowest BCUT2D eigenvalue weighted by Crippen LogP contribution is -2.20. The van der Waals surface area contributed by atoms with E-state index < -0.39 is 17.7 Å². The quantitative estimate of drug-likeness (QED) is 0.465. The third-order valence-electron chi connectivity index (χ3n) is 1.86. The number of nitrogen functional groups attached to an aromatic ring is 1. The van der Waals surface area contributed by atoms with Crippen LogP contribution in [0.15, 0.2) is 12.1 Å². The number of alkyl halides is 3. The Kier molecular flexibility index (Phi) is 4.87. The van der Waals surface area contributed by atoms with Gasteiger partial charge in [0, 0.05) is 6.54 Å². The highest BCUT2D eigenvalue weighted by Crippen LogP contribution is 2.18. The van der Waals surface area contributed by atoms with Crippen LogP contribution in [0.1, 0.15) is 0 Å². The molecule has 10 heteroatoms.